The van der Waals surface area contributed by atoms with Gasteiger partial charge in [-0.2, -0.15) is 0 Å². The van der Waals surface area contributed by atoms with E-state index < -0.39 is 0 Å². The highest BCUT2D eigenvalue weighted by molar-refractivity contribution is 5.41. The lowest BCUT2D eigenvalue weighted by Gasteiger charge is -2.13. The third-order valence-corrected chi connectivity index (χ3v) is 3.00. The molecule has 0 unspecified atom stereocenters. The Morgan fingerprint density at radius 2 is 1.89 bits per heavy atom. The van der Waals surface area contributed by atoms with Crippen LogP contribution in [-0.4, -0.2) is 4.98 Å². The number of nitrogens with zero attached hydrogens (tertiary/aromatic N) is 1. The van der Waals surface area contributed by atoms with Crippen LogP contribution in [0, 0.1) is 26.6 Å². The number of halogens is 1. The van der Waals surface area contributed by atoms with Gasteiger partial charge in [0.15, 0.2) is 0 Å². The Labute approximate surface area is 112 Å². The van der Waals surface area contributed by atoms with E-state index in [9.17, 15) is 4.39 Å². The molecule has 0 radical (unpaired) electrons. The van der Waals surface area contributed by atoms with Gasteiger partial charge in [-0.05, 0) is 44.0 Å². The molecule has 1 heterocycles. The number of nitrogens with two attached hydrogens (primary N) is 1. The average molecular weight is 260 g/mol. The molecule has 19 heavy (non-hydrogen) atoms. The zero-order chi connectivity index (χ0) is 14.0. The predicted octanol–water partition coefficient (Wildman–Crippen LogP) is 3.40. The number of benzene rings is 1. The fraction of sp³-hybridized carbons (Fsp3) is 0.267. The fourth-order valence-electron chi connectivity index (χ4n) is 1.95. The number of aryl methyl sites for hydroxylation is 3. The molecule has 3 nitrogen and oxygen atoms in total. The maximum absolute atomic E-state index is 13.3. The van der Waals surface area contributed by atoms with Gasteiger partial charge in [-0.25, -0.2) is 9.37 Å². The maximum atomic E-state index is 13.3. The Balaban J connectivity index is 2.45. The van der Waals surface area contributed by atoms with Crippen molar-refractivity contribution in [1.82, 2.24) is 4.98 Å². The first-order valence-corrected chi connectivity index (χ1v) is 6.12. The second kappa shape index (κ2) is 5.36. The smallest absolute Gasteiger partial charge is 0.224 e. The standard InChI is InChI=1S/C15H17FN2O/c1-9-4-5-12(16)7-14(9)19-15-13(8-17)10(2)6-11(3)18-15/h4-7H,8,17H2,1-3H3. The molecule has 0 saturated heterocycles. The van der Waals surface area contributed by atoms with Crippen LogP contribution in [0.4, 0.5) is 4.39 Å². The van der Waals surface area contributed by atoms with Crippen LogP contribution in [0.5, 0.6) is 11.6 Å². The van der Waals surface area contributed by atoms with Gasteiger partial charge in [0.2, 0.25) is 5.88 Å². The van der Waals surface area contributed by atoms with E-state index >= 15 is 0 Å². The first-order chi connectivity index (χ1) is 9.01. The van der Waals surface area contributed by atoms with Crippen LogP contribution in [0.25, 0.3) is 0 Å². The zero-order valence-corrected chi connectivity index (χ0v) is 11.3. The van der Waals surface area contributed by atoms with Crippen LogP contribution in [0.15, 0.2) is 24.3 Å². The van der Waals surface area contributed by atoms with E-state index in [0.29, 0.717) is 18.2 Å². The second-order valence-corrected chi connectivity index (χ2v) is 4.58. The summed E-state index contributed by atoms with van der Waals surface area (Å²) in [5.74, 6) is 0.583. The van der Waals surface area contributed by atoms with Crippen LogP contribution in [0.2, 0.25) is 0 Å². The molecular weight excluding hydrogens is 243 g/mol. The molecule has 1 aromatic carbocycles. The Morgan fingerprint density at radius 3 is 2.58 bits per heavy atom. The summed E-state index contributed by atoms with van der Waals surface area (Å²) in [6.07, 6.45) is 0. The minimum Gasteiger partial charge on any atom is -0.438 e. The van der Waals surface area contributed by atoms with Gasteiger partial charge in [-0.3, -0.25) is 0 Å². The molecule has 2 N–H and O–H groups in total. The summed E-state index contributed by atoms with van der Waals surface area (Å²) in [4.78, 5) is 4.35. The first-order valence-electron chi connectivity index (χ1n) is 6.12. The van der Waals surface area contributed by atoms with Crippen LogP contribution in [-0.2, 0) is 6.54 Å². The molecular formula is C15H17FN2O. The third kappa shape index (κ3) is 2.90. The molecule has 0 saturated carbocycles. The summed E-state index contributed by atoms with van der Waals surface area (Å²) in [5, 5.41) is 0. The molecule has 100 valence electrons. The minimum atomic E-state index is -0.334. The molecule has 4 heteroatoms. The first kappa shape index (κ1) is 13.5. The van der Waals surface area contributed by atoms with Crippen LogP contribution >= 0.6 is 0 Å². The van der Waals surface area contributed by atoms with Crippen molar-refractivity contribution in [1.29, 1.82) is 0 Å². The summed E-state index contributed by atoms with van der Waals surface area (Å²) in [6.45, 7) is 6.04. The summed E-state index contributed by atoms with van der Waals surface area (Å²) in [7, 11) is 0. The quantitative estimate of drug-likeness (QED) is 0.920. The SMILES string of the molecule is Cc1cc(C)c(CN)c(Oc2cc(F)ccc2C)n1. The lowest BCUT2D eigenvalue weighted by molar-refractivity contribution is 0.446. The van der Waals surface area contributed by atoms with Crippen LogP contribution < -0.4 is 10.5 Å². The van der Waals surface area contributed by atoms with Crippen molar-refractivity contribution in [2.24, 2.45) is 5.73 Å². The number of hydrogen-bond donors (Lipinski definition) is 1. The Morgan fingerprint density at radius 1 is 1.16 bits per heavy atom. The van der Waals surface area contributed by atoms with Gasteiger partial charge in [-0.15, -0.1) is 0 Å². The predicted molar refractivity (Wildman–Crippen MR) is 72.8 cm³/mol. The molecule has 0 aliphatic rings. The summed E-state index contributed by atoms with van der Waals surface area (Å²) in [5.41, 5.74) is 9.30. The van der Waals surface area contributed by atoms with Crippen molar-refractivity contribution >= 4 is 0 Å². The van der Waals surface area contributed by atoms with Crippen molar-refractivity contribution < 1.29 is 9.13 Å². The van der Waals surface area contributed by atoms with Crippen molar-refractivity contribution in [2.45, 2.75) is 27.3 Å². The fourth-order valence-corrected chi connectivity index (χ4v) is 1.95. The molecule has 0 bridgehead atoms. The van der Waals surface area contributed by atoms with Crippen molar-refractivity contribution in [3.63, 3.8) is 0 Å². The summed E-state index contributed by atoms with van der Waals surface area (Å²) >= 11 is 0. The Hall–Kier alpha value is -1.94. The topological polar surface area (TPSA) is 48.1 Å². The van der Waals surface area contributed by atoms with Gasteiger partial charge in [0.25, 0.3) is 0 Å². The van der Waals surface area contributed by atoms with E-state index in [1.54, 1.807) is 6.07 Å². The van der Waals surface area contributed by atoms with E-state index in [1.165, 1.54) is 12.1 Å². The van der Waals surface area contributed by atoms with E-state index in [4.69, 9.17) is 10.5 Å². The summed E-state index contributed by atoms with van der Waals surface area (Å²) < 4.78 is 19.0. The largest absolute Gasteiger partial charge is 0.438 e. The average Bonchev–Trinajstić information content (AvgIpc) is 2.33. The second-order valence-electron chi connectivity index (χ2n) is 4.58. The van der Waals surface area contributed by atoms with E-state index in [-0.39, 0.29) is 5.82 Å². The van der Waals surface area contributed by atoms with E-state index in [2.05, 4.69) is 4.98 Å². The number of aromatic nitrogens is 1. The lowest BCUT2D eigenvalue weighted by Crippen LogP contribution is -2.05. The molecule has 0 spiro atoms. The monoisotopic (exact) mass is 260 g/mol. The molecule has 0 aliphatic heterocycles. The lowest BCUT2D eigenvalue weighted by atomic mass is 10.1. The van der Waals surface area contributed by atoms with Gasteiger partial charge in [0, 0.05) is 23.9 Å². The van der Waals surface area contributed by atoms with Gasteiger partial charge < -0.3 is 10.5 Å². The number of rotatable bonds is 3. The molecule has 0 atom stereocenters. The van der Waals surface area contributed by atoms with Gasteiger partial charge in [0.05, 0.1) is 0 Å². The number of pyridine rings is 1. The maximum Gasteiger partial charge on any atom is 0.224 e. The third-order valence-electron chi connectivity index (χ3n) is 3.00. The summed E-state index contributed by atoms with van der Waals surface area (Å²) in [6, 6.07) is 6.39. The van der Waals surface area contributed by atoms with Crippen molar-refractivity contribution in [3.8, 4) is 11.6 Å². The molecule has 0 fully saturated rings. The molecule has 0 aliphatic carbocycles. The number of ether oxygens (including phenoxy) is 1. The van der Waals surface area contributed by atoms with Crippen LogP contribution in [0.1, 0.15) is 22.4 Å². The van der Waals surface area contributed by atoms with Gasteiger partial charge in [0.1, 0.15) is 11.6 Å². The normalized spacial score (nSPS) is 10.6. The van der Waals surface area contributed by atoms with Gasteiger partial charge in [-0.1, -0.05) is 6.07 Å². The molecule has 0 amide bonds. The van der Waals surface area contributed by atoms with Crippen molar-refractivity contribution in [2.75, 3.05) is 0 Å². The van der Waals surface area contributed by atoms with Crippen LogP contribution in [0.3, 0.4) is 0 Å². The van der Waals surface area contributed by atoms with Gasteiger partial charge >= 0.3 is 0 Å². The highest BCUT2D eigenvalue weighted by Gasteiger charge is 2.11. The highest BCUT2D eigenvalue weighted by Crippen LogP contribution is 2.28. The van der Waals surface area contributed by atoms with E-state index in [0.717, 1.165) is 22.4 Å². The number of hydrogen-bond acceptors (Lipinski definition) is 3. The molecule has 1 aromatic heterocycles. The Bertz CT molecular complexity index is 611. The van der Waals surface area contributed by atoms with E-state index in [1.807, 2.05) is 26.8 Å². The molecule has 2 aromatic rings. The zero-order valence-electron chi connectivity index (χ0n) is 11.3. The minimum absolute atomic E-state index is 0.334. The molecule has 2 rings (SSSR count). The van der Waals surface area contributed by atoms with Crippen molar-refractivity contribution in [3.05, 3.63) is 52.5 Å². The Kier molecular flexibility index (Phi) is 3.81. The highest BCUT2D eigenvalue weighted by atomic mass is 19.1.